The van der Waals surface area contributed by atoms with Gasteiger partial charge in [0.05, 0.1) is 15.9 Å². The SMILES string of the molecule is CCc1ccc(NC(=O)CCc2nc3cc(S(=O)(=O)N4CCCCC4)ccc3n2C)cc1. The Hall–Kier alpha value is -2.71. The molecule has 3 aromatic rings. The van der Waals surface area contributed by atoms with Crippen LogP contribution < -0.4 is 5.32 Å². The Morgan fingerprint density at radius 2 is 1.78 bits per heavy atom. The van der Waals surface area contributed by atoms with Gasteiger partial charge in [-0.25, -0.2) is 13.4 Å². The molecule has 0 radical (unpaired) electrons. The van der Waals surface area contributed by atoms with Crippen LogP contribution in [0.4, 0.5) is 5.69 Å². The number of aromatic nitrogens is 2. The Labute approximate surface area is 189 Å². The van der Waals surface area contributed by atoms with Crippen LogP contribution in [0, 0.1) is 0 Å². The van der Waals surface area contributed by atoms with E-state index in [1.807, 2.05) is 35.9 Å². The lowest BCUT2D eigenvalue weighted by Gasteiger charge is -2.25. The molecule has 0 saturated carbocycles. The fraction of sp³-hybridized carbons (Fsp3) is 0.417. The van der Waals surface area contributed by atoms with Crippen LogP contribution in [0.3, 0.4) is 0 Å². The number of piperidine rings is 1. The van der Waals surface area contributed by atoms with Gasteiger partial charge in [-0.3, -0.25) is 4.79 Å². The molecular weight excluding hydrogens is 424 g/mol. The number of fused-ring (bicyclic) bond motifs is 1. The lowest BCUT2D eigenvalue weighted by atomic mass is 10.1. The molecule has 4 rings (SSSR count). The summed E-state index contributed by atoms with van der Waals surface area (Å²) in [5.74, 6) is 0.679. The van der Waals surface area contributed by atoms with Gasteiger partial charge >= 0.3 is 0 Å². The van der Waals surface area contributed by atoms with E-state index in [2.05, 4.69) is 17.2 Å². The maximum absolute atomic E-state index is 13.0. The summed E-state index contributed by atoms with van der Waals surface area (Å²) in [5.41, 5.74) is 3.50. The summed E-state index contributed by atoms with van der Waals surface area (Å²) in [4.78, 5) is 17.3. The molecule has 1 fully saturated rings. The molecule has 2 heterocycles. The van der Waals surface area contributed by atoms with Gasteiger partial charge in [-0.2, -0.15) is 4.31 Å². The van der Waals surface area contributed by atoms with Crippen LogP contribution in [0.5, 0.6) is 0 Å². The third kappa shape index (κ3) is 4.71. The zero-order valence-corrected chi connectivity index (χ0v) is 19.5. The van der Waals surface area contributed by atoms with Crippen molar-refractivity contribution in [3.8, 4) is 0 Å². The number of hydrogen-bond donors (Lipinski definition) is 1. The number of sulfonamides is 1. The number of hydrogen-bond acceptors (Lipinski definition) is 4. The number of carbonyl (C=O) groups excluding carboxylic acids is 1. The van der Waals surface area contributed by atoms with Crippen LogP contribution in [-0.4, -0.2) is 41.3 Å². The third-order valence-corrected chi connectivity index (χ3v) is 8.01. The van der Waals surface area contributed by atoms with Crippen molar-refractivity contribution in [2.45, 2.75) is 50.3 Å². The van der Waals surface area contributed by atoms with Crippen LogP contribution >= 0.6 is 0 Å². The molecule has 0 aliphatic carbocycles. The molecule has 7 nitrogen and oxygen atoms in total. The highest BCUT2D eigenvalue weighted by Gasteiger charge is 2.26. The van der Waals surface area contributed by atoms with Crippen molar-refractivity contribution in [2.75, 3.05) is 18.4 Å². The molecule has 1 aromatic heterocycles. The number of aryl methyl sites for hydroxylation is 3. The molecule has 32 heavy (non-hydrogen) atoms. The number of imidazole rings is 1. The number of anilines is 1. The molecule has 1 aliphatic heterocycles. The fourth-order valence-corrected chi connectivity index (χ4v) is 5.68. The number of benzene rings is 2. The second kappa shape index (κ2) is 9.42. The first-order valence-electron chi connectivity index (χ1n) is 11.2. The van der Waals surface area contributed by atoms with E-state index in [9.17, 15) is 13.2 Å². The highest BCUT2D eigenvalue weighted by molar-refractivity contribution is 7.89. The topological polar surface area (TPSA) is 84.3 Å². The molecule has 1 saturated heterocycles. The van der Waals surface area contributed by atoms with E-state index < -0.39 is 10.0 Å². The number of carbonyl (C=O) groups is 1. The largest absolute Gasteiger partial charge is 0.331 e. The van der Waals surface area contributed by atoms with Crippen molar-refractivity contribution in [1.82, 2.24) is 13.9 Å². The van der Waals surface area contributed by atoms with Gasteiger partial charge in [-0.1, -0.05) is 25.5 Å². The second-order valence-corrected chi connectivity index (χ2v) is 10.2. The quantitative estimate of drug-likeness (QED) is 0.587. The van der Waals surface area contributed by atoms with Crippen molar-refractivity contribution in [1.29, 1.82) is 0 Å². The number of nitrogens with one attached hydrogen (secondary N) is 1. The first kappa shape index (κ1) is 22.5. The molecule has 0 bridgehead atoms. The number of amides is 1. The Morgan fingerprint density at radius 1 is 1.06 bits per heavy atom. The van der Waals surface area contributed by atoms with Crippen LogP contribution in [0.1, 0.15) is 44.0 Å². The van der Waals surface area contributed by atoms with Crippen LogP contribution in [0.2, 0.25) is 0 Å². The second-order valence-electron chi connectivity index (χ2n) is 8.30. The zero-order chi connectivity index (χ0) is 22.7. The normalized spacial score (nSPS) is 15.2. The Kier molecular flexibility index (Phi) is 6.62. The molecule has 2 aromatic carbocycles. The minimum atomic E-state index is -3.50. The van der Waals surface area contributed by atoms with Gasteiger partial charge in [0, 0.05) is 38.7 Å². The fourth-order valence-electron chi connectivity index (χ4n) is 4.14. The third-order valence-electron chi connectivity index (χ3n) is 6.12. The minimum absolute atomic E-state index is 0.0744. The van der Waals surface area contributed by atoms with E-state index in [-0.39, 0.29) is 10.8 Å². The summed E-state index contributed by atoms with van der Waals surface area (Å²) in [6.45, 7) is 3.24. The van der Waals surface area contributed by atoms with Gasteiger partial charge < -0.3 is 9.88 Å². The standard InChI is InChI=1S/C24H30N4O3S/c1-3-18-7-9-19(10-8-18)25-24(29)14-13-23-26-21-17-20(11-12-22(21)27(23)2)32(30,31)28-15-5-4-6-16-28/h7-12,17H,3-6,13-16H2,1-2H3,(H,25,29). The van der Waals surface area contributed by atoms with E-state index in [4.69, 9.17) is 0 Å². The van der Waals surface area contributed by atoms with E-state index >= 15 is 0 Å². The highest BCUT2D eigenvalue weighted by Crippen LogP contribution is 2.25. The van der Waals surface area contributed by atoms with E-state index in [1.54, 1.807) is 22.5 Å². The van der Waals surface area contributed by atoms with E-state index in [0.29, 0.717) is 31.4 Å². The molecule has 8 heteroatoms. The molecule has 170 valence electrons. The Bertz CT molecular complexity index is 1210. The summed E-state index contributed by atoms with van der Waals surface area (Å²) in [7, 11) is -1.61. The Morgan fingerprint density at radius 3 is 2.47 bits per heavy atom. The summed E-state index contributed by atoms with van der Waals surface area (Å²) in [6, 6.07) is 13.0. The monoisotopic (exact) mass is 454 g/mol. The van der Waals surface area contributed by atoms with Crippen LogP contribution in [0.25, 0.3) is 11.0 Å². The summed E-state index contributed by atoms with van der Waals surface area (Å²) in [6.07, 6.45) is 4.61. The molecule has 0 spiro atoms. The van der Waals surface area contributed by atoms with Crippen molar-refractivity contribution < 1.29 is 13.2 Å². The summed E-state index contributed by atoms with van der Waals surface area (Å²) < 4.78 is 29.5. The van der Waals surface area contributed by atoms with Gasteiger partial charge in [0.1, 0.15) is 5.82 Å². The van der Waals surface area contributed by atoms with Gasteiger partial charge in [0.2, 0.25) is 15.9 Å². The predicted molar refractivity (Wildman–Crippen MR) is 126 cm³/mol. The maximum Gasteiger partial charge on any atom is 0.243 e. The van der Waals surface area contributed by atoms with Gasteiger partial charge in [-0.15, -0.1) is 0 Å². The predicted octanol–water partition coefficient (Wildman–Crippen LogP) is 3.88. The molecule has 1 amide bonds. The first-order chi connectivity index (χ1) is 15.4. The lowest BCUT2D eigenvalue weighted by molar-refractivity contribution is -0.116. The minimum Gasteiger partial charge on any atom is -0.331 e. The number of rotatable bonds is 7. The maximum atomic E-state index is 13.0. The molecule has 1 N–H and O–H groups in total. The van der Waals surface area contributed by atoms with Gasteiger partial charge in [0.25, 0.3) is 0 Å². The summed E-state index contributed by atoms with van der Waals surface area (Å²) >= 11 is 0. The lowest BCUT2D eigenvalue weighted by Crippen LogP contribution is -2.35. The molecule has 0 unspecified atom stereocenters. The van der Waals surface area contributed by atoms with Crippen molar-refractivity contribution in [2.24, 2.45) is 7.05 Å². The van der Waals surface area contributed by atoms with E-state index in [1.165, 1.54) is 5.56 Å². The highest BCUT2D eigenvalue weighted by atomic mass is 32.2. The number of nitrogens with zero attached hydrogens (tertiary/aromatic N) is 3. The van der Waals surface area contributed by atoms with Crippen LogP contribution in [-0.2, 0) is 34.7 Å². The van der Waals surface area contributed by atoms with Crippen molar-refractivity contribution in [3.63, 3.8) is 0 Å². The Balaban J connectivity index is 1.46. The summed E-state index contributed by atoms with van der Waals surface area (Å²) in [5, 5.41) is 2.92. The van der Waals surface area contributed by atoms with Crippen molar-refractivity contribution >= 4 is 32.7 Å². The average Bonchev–Trinajstić information content (AvgIpc) is 3.13. The molecular formula is C24H30N4O3S. The van der Waals surface area contributed by atoms with Crippen molar-refractivity contribution in [3.05, 3.63) is 53.9 Å². The average molecular weight is 455 g/mol. The van der Waals surface area contributed by atoms with E-state index in [0.717, 1.165) is 42.7 Å². The first-order valence-corrected chi connectivity index (χ1v) is 12.7. The van der Waals surface area contributed by atoms with Gasteiger partial charge in [-0.05, 0) is 55.2 Å². The molecule has 0 atom stereocenters. The molecule has 1 aliphatic rings. The smallest absolute Gasteiger partial charge is 0.243 e. The van der Waals surface area contributed by atoms with Gasteiger partial charge in [0.15, 0.2) is 0 Å². The van der Waals surface area contributed by atoms with Crippen LogP contribution in [0.15, 0.2) is 47.4 Å². The zero-order valence-electron chi connectivity index (χ0n) is 18.7.